The fourth-order valence-electron chi connectivity index (χ4n) is 8.29. The van der Waals surface area contributed by atoms with Gasteiger partial charge in [0.1, 0.15) is 6.07 Å². The second-order valence-corrected chi connectivity index (χ2v) is 15.1. The maximum Gasteiger partial charge on any atom is 0.306 e. The molecule has 4 heterocycles. The molecule has 282 valence electrons. The topological polar surface area (TPSA) is 161 Å². The van der Waals surface area contributed by atoms with E-state index in [1.807, 2.05) is 23.2 Å². The van der Waals surface area contributed by atoms with Crippen molar-refractivity contribution in [2.45, 2.75) is 65.0 Å². The number of fused-ring (bicyclic) bond motifs is 2. The number of hydrogen-bond donors (Lipinski definition) is 3. The van der Waals surface area contributed by atoms with E-state index in [1.54, 1.807) is 36.4 Å². The van der Waals surface area contributed by atoms with Crippen molar-refractivity contribution in [3.05, 3.63) is 81.4 Å². The number of imidazole rings is 2. The molecule has 4 aromatic rings. The lowest BCUT2D eigenvalue weighted by Gasteiger charge is -2.30. The molecule has 0 unspecified atom stereocenters. The second-order valence-electron chi connectivity index (χ2n) is 14.7. The molecule has 2 aliphatic heterocycles. The third kappa shape index (κ3) is 7.38. The average molecular weight is 752 g/mol. The Morgan fingerprint density at radius 1 is 0.852 bits per heavy atom. The minimum atomic E-state index is -0.677. The van der Waals surface area contributed by atoms with Gasteiger partial charge in [-0.25, -0.2) is 9.97 Å². The number of hydrogen-bond acceptors (Lipinski definition) is 8. The molecule has 2 aromatic carbocycles. The quantitative estimate of drug-likeness (QED) is 0.180. The van der Waals surface area contributed by atoms with Crippen LogP contribution in [-0.2, 0) is 44.8 Å². The summed E-state index contributed by atoms with van der Waals surface area (Å²) < 4.78 is 3.69. The summed E-state index contributed by atoms with van der Waals surface area (Å²) in [5.74, 6) is -0.569. The Hall–Kier alpha value is -5.03. The third-order valence-electron chi connectivity index (χ3n) is 11.5. The zero-order chi connectivity index (χ0) is 38.1. The van der Waals surface area contributed by atoms with Crippen LogP contribution in [0.5, 0.6) is 0 Å². The van der Waals surface area contributed by atoms with Gasteiger partial charge in [-0.05, 0) is 63.2 Å². The largest absolute Gasteiger partial charge is 0.481 e. The van der Waals surface area contributed by atoms with E-state index < -0.39 is 11.9 Å². The molecule has 2 aromatic heterocycles. The molecule has 0 bridgehead atoms. The maximum atomic E-state index is 13.7. The van der Waals surface area contributed by atoms with Gasteiger partial charge < -0.3 is 24.9 Å². The number of rotatable bonds is 10. The number of amides is 2. The van der Waals surface area contributed by atoms with Crippen LogP contribution in [0.2, 0.25) is 5.02 Å². The summed E-state index contributed by atoms with van der Waals surface area (Å²) in [4.78, 5) is 52.6. The highest BCUT2D eigenvalue weighted by atomic mass is 35.5. The Morgan fingerprint density at radius 3 is 2.00 bits per heavy atom. The number of benzene rings is 2. The lowest BCUT2D eigenvalue weighted by atomic mass is 9.80. The summed E-state index contributed by atoms with van der Waals surface area (Å²) in [7, 11) is 3.70. The Balaban J connectivity index is 1.04. The molecule has 14 heteroatoms. The summed E-state index contributed by atoms with van der Waals surface area (Å²) >= 11 is 6.93. The summed E-state index contributed by atoms with van der Waals surface area (Å²) in [6, 6.07) is 12.7. The molecule has 3 N–H and O–H groups in total. The smallest absolute Gasteiger partial charge is 0.306 e. The second kappa shape index (κ2) is 15.8. The van der Waals surface area contributed by atoms with Gasteiger partial charge in [-0.2, -0.15) is 5.26 Å². The van der Waals surface area contributed by atoms with Crippen LogP contribution in [-0.4, -0.2) is 78.0 Å². The van der Waals surface area contributed by atoms with E-state index in [9.17, 15) is 24.8 Å². The van der Waals surface area contributed by atoms with Gasteiger partial charge in [-0.15, -0.1) is 0 Å². The number of nitrogens with zero attached hydrogens (tertiary/aromatic N) is 7. The van der Waals surface area contributed by atoms with Gasteiger partial charge in [0.2, 0.25) is 0 Å². The molecule has 1 saturated carbocycles. The number of likely N-dealkylation sites (N-methyl/N-ethyl adjacent to an activating group) is 1. The number of nitrogens with one attached hydrogen (secondary N) is 2. The van der Waals surface area contributed by atoms with Crippen LogP contribution in [0.4, 0.5) is 11.4 Å². The van der Waals surface area contributed by atoms with E-state index in [0.29, 0.717) is 47.3 Å². The molecule has 0 saturated heterocycles. The predicted octanol–water partition coefficient (Wildman–Crippen LogP) is 5.87. The van der Waals surface area contributed by atoms with Gasteiger partial charge in [-0.1, -0.05) is 42.8 Å². The molecular weight excluding hydrogens is 706 g/mol. The van der Waals surface area contributed by atoms with Crippen molar-refractivity contribution >= 4 is 40.8 Å². The van der Waals surface area contributed by atoms with Gasteiger partial charge in [0, 0.05) is 75.6 Å². The zero-order valence-electron chi connectivity index (χ0n) is 31.0. The number of aromatic nitrogens is 4. The standard InChI is InChI=1S/C40H46ClN9O4/c1-4-49-19-16-33-31(22-49)43-37(47(33)2)39(52)46-30-10-6-8-27(35(30)41)26-7-5-9-29(28(26)21-42)45-38(51)36-44-32-23-50(20-17-34(32)48(36)3)18-15-24-11-13-25(14-12-24)40(53)54/h5-10,24-25H,4,11-20,22-23H2,1-3H3,(H,45,51)(H,46,52)(H,53,54)/t24-,25-. The molecule has 13 nitrogen and oxygen atoms in total. The Kier molecular flexibility index (Phi) is 10.9. The van der Waals surface area contributed by atoms with Crippen molar-refractivity contribution in [1.29, 1.82) is 5.26 Å². The molecule has 2 amide bonds. The Bertz CT molecular complexity index is 2140. The van der Waals surface area contributed by atoms with E-state index in [0.717, 1.165) is 93.9 Å². The van der Waals surface area contributed by atoms with Crippen molar-refractivity contribution < 1.29 is 19.5 Å². The number of nitriles is 1. The van der Waals surface area contributed by atoms with Gasteiger partial charge in [0.25, 0.3) is 11.8 Å². The summed E-state index contributed by atoms with van der Waals surface area (Å²) in [6.45, 7) is 7.07. The summed E-state index contributed by atoms with van der Waals surface area (Å²) in [5, 5.41) is 25.8. The van der Waals surface area contributed by atoms with Crippen LogP contribution in [0.25, 0.3) is 11.1 Å². The highest BCUT2D eigenvalue weighted by Gasteiger charge is 2.30. The van der Waals surface area contributed by atoms with Gasteiger partial charge in [0.15, 0.2) is 11.6 Å². The minimum Gasteiger partial charge on any atom is -0.481 e. The van der Waals surface area contributed by atoms with E-state index in [2.05, 4.69) is 38.4 Å². The van der Waals surface area contributed by atoms with E-state index in [-0.39, 0.29) is 28.2 Å². The molecule has 3 aliphatic rings. The lowest BCUT2D eigenvalue weighted by molar-refractivity contribution is -0.143. The van der Waals surface area contributed by atoms with Crippen molar-refractivity contribution in [1.82, 2.24) is 28.9 Å². The van der Waals surface area contributed by atoms with Gasteiger partial charge in [-0.3, -0.25) is 24.2 Å². The van der Waals surface area contributed by atoms with Crippen LogP contribution >= 0.6 is 11.6 Å². The van der Waals surface area contributed by atoms with Crippen molar-refractivity contribution in [2.24, 2.45) is 25.9 Å². The number of carbonyl (C=O) groups is 3. The fourth-order valence-corrected chi connectivity index (χ4v) is 8.56. The molecule has 54 heavy (non-hydrogen) atoms. The number of carboxylic acid groups (broad SMARTS) is 1. The first-order chi connectivity index (χ1) is 26.1. The Labute approximate surface area is 319 Å². The van der Waals surface area contributed by atoms with Crippen LogP contribution in [0, 0.1) is 23.2 Å². The van der Waals surface area contributed by atoms with E-state index >= 15 is 0 Å². The number of carbonyl (C=O) groups excluding carboxylic acids is 2. The van der Waals surface area contributed by atoms with Gasteiger partial charge >= 0.3 is 5.97 Å². The van der Waals surface area contributed by atoms with Crippen molar-refractivity contribution in [3.63, 3.8) is 0 Å². The first-order valence-corrected chi connectivity index (χ1v) is 19.1. The molecule has 1 aliphatic carbocycles. The van der Waals surface area contributed by atoms with Crippen LogP contribution < -0.4 is 10.6 Å². The zero-order valence-corrected chi connectivity index (χ0v) is 31.7. The predicted molar refractivity (Wildman–Crippen MR) is 205 cm³/mol. The number of anilines is 2. The first kappa shape index (κ1) is 37.3. The molecule has 1 fully saturated rings. The molecule has 0 atom stereocenters. The van der Waals surface area contributed by atoms with Crippen molar-refractivity contribution in [3.8, 4) is 17.2 Å². The van der Waals surface area contributed by atoms with E-state index in [1.165, 1.54) is 0 Å². The molecule has 7 rings (SSSR count). The highest BCUT2D eigenvalue weighted by molar-refractivity contribution is 6.36. The number of aliphatic carboxylic acids is 1. The molecular formula is C40H46ClN9O4. The third-order valence-corrected chi connectivity index (χ3v) is 11.9. The normalized spacial score (nSPS) is 18.7. The summed E-state index contributed by atoms with van der Waals surface area (Å²) in [6.07, 6.45) is 6.03. The van der Waals surface area contributed by atoms with Crippen LogP contribution in [0.3, 0.4) is 0 Å². The average Bonchev–Trinajstić information content (AvgIpc) is 3.69. The summed E-state index contributed by atoms with van der Waals surface area (Å²) in [5.41, 5.74) is 5.83. The number of halogens is 1. The molecule has 0 radical (unpaired) electrons. The van der Waals surface area contributed by atoms with Crippen LogP contribution in [0.1, 0.15) is 88.6 Å². The first-order valence-electron chi connectivity index (χ1n) is 18.8. The van der Waals surface area contributed by atoms with Crippen LogP contribution in [0.15, 0.2) is 36.4 Å². The maximum absolute atomic E-state index is 13.7. The van der Waals surface area contributed by atoms with E-state index in [4.69, 9.17) is 16.6 Å². The van der Waals surface area contributed by atoms with Gasteiger partial charge in [0.05, 0.1) is 39.3 Å². The van der Waals surface area contributed by atoms with Crippen molar-refractivity contribution in [2.75, 3.05) is 36.8 Å². The minimum absolute atomic E-state index is 0.206. The SMILES string of the molecule is CCN1CCc2c(nc(C(=O)Nc3cccc(-c4cccc(NC(=O)c5nc6c(n5C)CCN(CC[C@H]5CC[C@H](C(=O)O)CC5)C6)c4C#N)c3Cl)n2C)C1. The number of carboxylic acids is 1. The Morgan fingerprint density at radius 2 is 1.41 bits per heavy atom. The monoisotopic (exact) mass is 751 g/mol. The molecule has 0 spiro atoms. The lowest BCUT2D eigenvalue weighted by Crippen LogP contribution is -2.33. The fraction of sp³-hybridized carbons (Fsp3) is 0.450. The highest BCUT2D eigenvalue weighted by Crippen LogP contribution is 2.38.